The zero-order chi connectivity index (χ0) is 16.5. The van der Waals surface area contributed by atoms with Crippen LogP contribution in [0.4, 0.5) is 0 Å². The normalized spacial score (nSPS) is 9.22. The van der Waals surface area contributed by atoms with Crippen LogP contribution in [0.2, 0.25) is 0 Å². The predicted molar refractivity (Wildman–Crippen MR) is 90.1 cm³/mol. The minimum absolute atomic E-state index is 0. The zero-order valence-corrected chi connectivity index (χ0v) is 15.4. The van der Waals surface area contributed by atoms with Crippen LogP contribution in [0.1, 0.15) is 78.1 Å². The van der Waals surface area contributed by atoms with Gasteiger partial charge in [-0.15, -0.1) is 0 Å². The first kappa shape index (κ1) is 29.8. The van der Waals surface area contributed by atoms with Gasteiger partial charge in [-0.05, 0) is 13.3 Å². The van der Waals surface area contributed by atoms with Gasteiger partial charge in [0.2, 0.25) is 0 Å². The van der Waals surface area contributed by atoms with Crippen molar-refractivity contribution in [2.75, 3.05) is 6.61 Å². The Morgan fingerprint density at radius 1 is 0.783 bits per heavy atom. The number of aliphatic hydroxyl groups is 1. The van der Waals surface area contributed by atoms with Gasteiger partial charge in [0, 0.05) is 12.5 Å². The van der Waals surface area contributed by atoms with Crippen LogP contribution in [0, 0.1) is 5.92 Å². The largest absolute Gasteiger partial charge is 0.549 e. The van der Waals surface area contributed by atoms with Crippen molar-refractivity contribution in [2.45, 2.75) is 78.1 Å². The summed E-state index contributed by atoms with van der Waals surface area (Å²) in [5, 5.41) is 28.5. The lowest BCUT2D eigenvalue weighted by Crippen LogP contribution is -2.43. The van der Waals surface area contributed by atoms with Crippen molar-refractivity contribution in [3.05, 3.63) is 0 Å². The fourth-order valence-electron chi connectivity index (χ4n) is 1.99. The molecule has 0 spiro atoms. The van der Waals surface area contributed by atoms with E-state index in [4.69, 9.17) is 5.11 Å². The van der Waals surface area contributed by atoms with Crippen LogP contribution in [0.3, 0.4) is 0 Å². The van der Waals surface area contributed by atoms with Gasteiger partial charge in [0.25, 0.3) is 0 Å². The highest BCUT2D eigenvalue weighted by Crippen LogP contribution is 2.13. The zero-order valence-electron chi connectivity index (χ0n) is 15.4. The molecular formula is C16H38N2O5. The Kier molecular flexibility index (Phi) is 29.9. The first-order valence-electron chi connectivity index (χ1n) is 8.03. The van der Waals surface area contributed by atoms with Crippen LogP contribution in [-0.2, 0) is 9.59 Å². The van der Waals surface area contributed by atoms with Crippen LogP contribution in [0.5, 0.6) is 0 Å². The maximum Gasteiger partial charge on any atom is 0.0501 e. The molecule has 0 saturated heterocycles. The smallest absolute Gasteiger partial charge is 0.0501 e. The van der Waals surface area contributed by atoms with Gasteiger partial charge in [-0.3, -0.25) is 0 Å². The number of carbonyl (C=O) groups excluding carboxylic acids is 2. The average molecular weight is 338 g/mol. The van der Waals surface area contributed by atoms with E-state index in [1.165, 1.54) is 32.1 Å². The summed E-state index contributed by atoms with van der Waals surface area (Å²) in [5.41, 5.74) is 0. The molecule has 7 heteroatoms. The van der Waals surface area contributed by atoms with E-state index in [-0.39, 0.29) is 25.3 Å². The highest BCUT2D eigenvalue weighted by atomic mass is 16.4. The molecule has 0 aromatic heterocycles. The number of carboxylic acids is 2. The van der Waals surface area contributed by atoms with E-state index < -0.39 is 17.9 Å². The highest BCUT2D eigenvalue weighted by molar-refractivity contribution is 5.90. The fraction of sp³-hybridized carbons (Fsp3) is 0.875. The molecule has 0 rings (SSSR count). The third kappa shape index (κ3) is 23.2. The van der Waals surface area contributed by atoms with Crippen molar-refractivity contribution in [2.24, 2.45) is 5.92 Å². The Labute approximate surface area is 140 Å². The Morgan fingerprint density at radius 3 is 1.39 bits per heavy atom. The molecule has 0 saturated carbocycles. The maximum absolute atomic E-state index is 10.5. The second-order valence-electron chi connectivity index (χ2n) is 5.12. The second kappa shape index (κ2) is 23.1. The van der Waals surface area contributed by atoms with Gasteiger partial charge in [0.1, 0.15) is 0 Å². The summed E-state index contributed by atoms with van der Waals surface area (Å²) >= 11 is 0. The van der Waals surface area contributed by atoms with E-state index in [0.717, 1.165) is 19.3 Å². The van der Waals surface area contributed by atoms with Crippen molar-refractivity contribution in [1.29, 1.82) is 0 Å². The van der Waals surface area contributed by atoms with Crippen LogP contribution in [-0.4, -0.2) is 23.7 Å². The molecule has 0 atom stereocenters. The molecule has 0 fully saturated rings. The summed E-state index contributed by atoms with van der Waals surface area (Å²) < 4.78 is 0. The molecule has 0 heterocycles. The number of carbonyl (C=O) groups is 2. The van der Waals surface area contributed by atoms with Crippen LogP contribution < -0.4 is 22.5 Å². The molecule has 142 valence electrons. The van der Waals surface area contributed by atoms with E-state index in [9.17, 15) is 19.8 Å². The molecule has 0 amide bonds. The summed E-state index contributed by atoms with van der Waals surface area (Å²) in [6.45, 7) is 4.12. The van der Waals surface area contributed by atoms with Crippen molar-refractivity contribution in [1.82, 2.24) is 12.3 Å². The molecule has 0 aromatic carbocycles. The van der Waals surface area contributed by atoms with Gasteiger partial charge < -0.3 is 37.2 Å². The van der Waals surface area contributed by atoms with Gasteiger partial charge in [0.05, 0.1) is 11.9 Å². The van der Waals surface area contributed by atoms with Gasteiger partial charge >= 0.3 is 0 Å². The van der Waals surface area contributed by atoms with Crippen LogP contribution in [0.15, 0.2) is 0 Å². The summed E-state index contributed by atoms with van der Waals surface area (Å²) in [4.78, 5) is 21.0. The Morgan fingerprint density at radius 2 is 1.09 bits per heavy atom. The van der Waals surface area contributed by atoms with E-state index in [1.54, 1.807) is 6.92 Å². The molecule has 0 radical (unpaired) electrons. The van der Waals surface area contributed by atoms with Crippen molar-refractivity contribution in [3.63, 3.8) is 0 Å². The number of quaternary nitrogens is 2. The number of hydrogen-bond donors (Lipinski definition) is 3. The molecule has 23 heavy (non-hydrogen) atoms. The van der Waals surface area contributed by atoms with Gasteiger partial charge in [-0.1, -0.05) is 64.7 Å². The molecule has 0 bridgehead atoms. The van der Waals surface area contributed by atoms with Gasteiger partial charge in [-0.2, -0.15) is 0 Å². The number of unbranched alkanes of at least 4 members (excludes halogenated alkanes) is 8. The molecule has 9 N–H and O–H groups in total. The molecule has 0 unspecified atom stereocenters. The topological polar surface area (TPSA) is 173 Å². The van der Waals surface area contributed by atoms with Crippen molar-refractivity contribution in [3.8, 4) is 0 Å². The number of rotatable bonds is 12. The second-order valence-corrected chi connectivity index (χ2v) is 5.12. The Balaban J connectivity index is -0.000000332. The molecule has 7 nitrogen and oxygen atoms in total. The summed E-state index contributed by atoms with van der Waals surface area (Å²) in [7, 11) is 0. The number of aliphatic carboxylic acids is 2. The lowest BCUT2D eigenvalue weighted by atomic mass is 10.00. The maximum atomic E-state index is 10.5. The van der Waals surface area contributed by atoms with E-state index >= 15 is 0 Å². The summed E-state index contributed by atoms with van der Waals surface area (Å²) in [6, 6.07) is 0. The lowest BCUT2D eigenvalue weighted by molar-refractivity contribution is -0.332. The van der Waals surface area contributed by atoms with Crippen molar-refractivity contribution >= 4 is 11.9 Å². The Bertz CT molecular complexity index is 249. The third-order valence-electron chi connectivity index (χ3n) is 3.17. The third-order valence-corrected chi connectivity index (χ3v) is 3.17. The van der Waals surface area contributed by atoms with E-state index in [0.29, 0.717) is 6.42 Å². The number of hydrogen-bond acceptors (Lipinski definition) is 5. The van der Waals surface area contributed by atoms with Crippen LogP contribution in [0.25, 0.3) is 0 Å². The standard InChI is InChI=1S/C14H26O4.C2H6O.2H3N/c1-2-3-4-5-6-7-8-9-10-11-12(13(15)16)14(17)18;1-2-3;;/h12H,2-11H2,1H3,(H,15,16)(H,17,18);3H,2H2,1H3;2*1H3. The molecule has 0 aliphatic rings. The number of carboxylic acid groups (broad SMARTS) is 2. The quantitative estimate of drug-likeness (QED) is 0.362. The Hall–Kier alpha value is -1.18. The molecule has 0 aliphatic heterocycles. The first-order chi connectivity index (χ1) is 10.0. The lowest BCUT2D eigenvalue weighted by Gasteiger charge is -2.18. The van der Waals surface area contributed by atoms with Crippen molar-refractivity contribution < 1.29 is 24.9 Å². The van der Waals surface area contributed by atoms with Gasteiger partial charge in [-0.25, -0.2) is 0 Å². The molecular weight excluding hydrogens is 300 g/mol. The van der Waals surface area contributed by atoms with Crippen LogP contribution >= 0.6 is 0 Å². The molecule has 0 aliphatic carbocycles. The minimum Gasteiger partial charge on any atom is -0.549 e. The minimum atomic E-state index is -1.53. The number of aliphatic hydroxyl groups excluding tert-OH is 1. The monoisotopic (exact) mass is 338 g/mol. The first-order valence-corrected chi connectivity index (χ1v) is 8.03. The summed E-state index contributed by atoms with van der Waals surface area (Å²) in [6.07, 6.45) is 10.1. The average Bonchev–Trinajstić information content (AvgIpc) is 2.41. The highest BCUT2D eigenvalue weighted by Gasteiger charge is 2.10. The molecule has 0 aromatic rings. The summed E-state index contributed by atoms with van der Waals surface area (Å²) in [5.74, 6) is -4.52. The fourth-order valence-corrected chi connectivity index (χ4v) is 1.99. The van der Waals surface area contributed by atoms with Gasteiger partial charge in [0.15, 0.2) is 0 Å². The SMILES string of the molecule is CCCCCCCCCCCC(C(=O)[O-])C(=O)[O-].CCO.[NH4+].[NH4+]. The van der Waals surface area contributed by atoms with E-state index in [1.807, 2.05) is 0 Å². The predicted octanol–water partition coefficient (Wildman–Crippen LogP) is 1.77. The van der Waals surface area contributed by atoms with E-state index in [2.05, 4.69) is 6.92 Å².